The van der Waals surface area contributed by atoms with E-state index in [0.717, 1.165) is 27.6 Å². The zero-order valence-corrected chi connectivity index (χ0v) is 17.1. The number of likely N-dealkylation sites (tertiary alicyclic amines) is 1. The molecule has 5 rings (SSSR count). The highest BCUT2D eigenvalue weighted by Gasteiger charge is 2.51. The van der Waals surface area contributed by atoms with Gasteiger partial charge in [0.15, 0.2) is 0 Å². The maximum absolute atomic E-state index is 13.1. The number of nitrogens with zero attached hydrogens (tertiary/aromatic N) is 3. The van der Waals surface area contributed by atoms with Gasteiger partial charge in [-0.2, -0.15) is 11.3 Å². The monoisotopic (exact) mass is 409 g/mol. The average Bonchev–Trinajstić information content (AvgIpc) is 3.49. The van der Waals surface area contributed by atoms with Crippen LogP contribution in [-0.2, 0) is 5.41 Å². The maximum Gasteiger partial charge on any atom is 0.263 e. The van der Waals surface area contributed by atoms with E-state index in [4.69, 9.17) is 0 Å². The number of aromatic nitrogens is 1. The van der Waals surface area contributed by atoms with Crippen molar-refractivity contribution in [1.29, 1.82) is 0 Å². The fourth-order valence-electron chi connectivity index (χ4n) is 4.28. The standard InChI is InChI=1S/C21H19N3O2S2/c1-14-4-5-17(28-14)20(26)23-9-7-21(12-23)13-24(16-3-2-8-22-18(16)21)19(25)15-6-10-27-11-15/h2-6,8,10-11H,7,9,12-13H2,1H3/t21-/m1/s1. The van der Waals surface area contributed by atoms with Crippen LogP contribution in [-0.4, -0.2) is 41.3 Å². The predicted molar refractivity (Wildman–Crippen MR) is 111 cm³/mol. The quantitative estimate of drug-likeness (QED) is 0.644. The van der Waals surface area contributed by atoms with Crippen LogP contribution in [0.4, 0.5) is 5.69 Å². The van der Waals surface area contributed by atoms with Crippen LogP contribution in [0.5, 0.6) is 0 Å². The van der Waals surface area contributed by atoms with Crippen molar-refractivity contribution in [3.63, 3.8) is 0 Å². The number of rotatable bonds is 2. The van der Waals surface area contributed by atoms with Gasteiger partial charge in [0, 0.05) is 36.1 Å². The van der Waals surface area contributed by atoms with Crippen LogP contribution in [0.25, 0.3) is 0 Å². The topological polar surface area (TPSA) is 53.5 Å². The molecule has 3 aromatic heterocycles. The molecule has 0 N–H and O–H groups in total. The lowest BCUT2D eigenvalue weighted by Gasteiger charge is -2.24. The van der Waals surface area contributed by atoms with Gasteiger partial charge in [0.1, 0.15) is 0 Å². The molecule has 1 fully saturated rings. The number of carbonyl (C=O) groups is 2. The molecule has 0 aromatic carbocycles. The summed E-state index contributed by atoms with van der Waals surface area (Å²) in [6.45, 7) is 3.87. The Hall–Kier alpha value is -2.51. The molecule has 0 unspecified atom stereocenters. The highest BCUT2D eigenvalue weighted by molar-refractivity contribution is 7.13. The molecular formula is C21H19N3O2S2. The van der Waals surface area contributed by atoms with Gasteiger partial charge in [-0.25, -0.2) is 0 Å². The first-order valence-electron chi connectivity index (χ1n) is 9.23. The third-order valence-electron chi connectivity index (χ3n) is 5.65. The second-order valence-corrected chi connectivity index (χ2v) is 9.51. The molecule has 0 radical (unpaired) electrons. The molecule has 3 aromatic rings. The smallest absolute Gasteiger partial charge is 0.263 e. The summed E-state index contributed by atoms with van der Waals surface area (Å²) in [5.74, 6) is 0.0844. The number of fused-ring (bicyclic) bond motifs is 2. The summed E-state index contributed by atoms with van der Waals surface area (Å²) in [6.07, 6.45) is 2.60. The lowest BCUT2D eigenvalue weighted by Crippen LogP contribution is -2.40. The van der Waals surface area contributed by atoms with E-state index in [-0.39, 0.29) is 17.2 Å². The van der Waals surface area contributed by atoms with E-state index in [1.807, 2.05) is 57.8 Å². The van der Waals surface area contributed by atoms with Gasteiger partial charge in [-0.15, -0.1) is 11.3 Å². The lowest BCUT2D eigenvalue weighted by atomic mass is 9.85. The molecule has 5 nitrogen and oxygen atoms in total. The second kappa shape index (κ2) is 6.53. The Morgan fingerprint density at radius 1 is 1.14 bits per heavy atom. The van der Waals surface area contributed by atoms with Crippen LogP contribution in [0, 0.1) is 6.92 Å². The van der Waals surface area contributed by atoms with Crippen molar-refractivity contribution in [2.45, 2.75) is 18.8 Å². The van der Waals surface area contributed by atoms with E-state index in [1.54, 1.807) is 6.20 Å². The molecule has 28 heavy (non-hydrogen) atoms. The number of thiophene rings is 2. The highest BCUT2D eigenvalue weighted by Crippen LogP contribution is 2.46. The van der Waals surface area contributed by atoms with E-state index in [0.29, 0.717) is 25.2 Å². The molecule has 2 aliphatic heterocycles. The van der Waals surface area contributed by atoms with Gasteiger partial charge in [0.2, 0.25) is 0 Å². The van der Waals surface area contributed by atoms with Crippen molar-refractivity contribution in [3.8, 4) is 0 Å². The Morgan fingerprint density at radius 3 is 2.79 bits per heavy atom. The first-order valence-corrected chi connectivity index (χ1v) is 11.0. The molecule has 142 valence electrons. The molecule has 2 aliphatic rings. The first-order chi connectivity index (χ1) is 13.6. The first kappa shape index (κ1) is 17.6. The second-order valence-electron chi connectivity index (χ2n) is 7.44. The van der Waals surface area contributed by atoms with Gasteiger partial charge in [-0.05, 0) is 49.1 Å². The van der Waals surface area contributed by atoms with Gasteiger partial charge in [0.25, 0.3) is 11.8 Å². The van der Waals surface area contributed by atoms with Crippen LogP contribution in [0.15, 0.2) is 47.3 Å². The zero-order valence-electron chi connectivity index (χ0n) is 15.4. The van der Waals surface area contributed by atoms with Gasteiger partial charge in [-0.3, -0.25) is 14.6 Å². The SMILES string of the molecule is Cc1ccc(C(=O)N2CC[C@@]3(C2)CN(C(=O)c2ccsc2)c2cccnc23)s1. The number of amides is 2. The molecule has 5 heterocycles. The third-order valence-corrected chi connectivity index (χ3v) is 7.32. The maximum atomic E-state index is 13.1. The Morgan fingerprint density at radius 2 is 2.04 bits per heavy atom. The van der Waals surface area contributed by atoms with Crippen molar-refractivity contribution in [2.75, 3.05) is 24.5 Å². The fourth-order valence-corrected chi connectivity index (χ4v) is 5.75. The molecule has 0 aliphatic carbocycles. The highest BCUT2D eigenvalue weighted by atomic mass is 32.1. The zero-order chi connectivity index (χ0) is 19.3. The Kier molecular flexibility index (Phi) is 4.10. The molecule has 0 bridgehead atoms. The summed E-state index contributed by atoms with van der Waals surface area (Å²) in [5, 5.41) is 3.80. The molecular weight excluding hydrogens is 390 g/mol. The van der Waals surface area contributed by atoms with Gasteiger partial charge < -0.3 is 9.80 Å². The summed E-state index contributed by atoms with van der Waals surface area (Å²) in [6, 6.07) is 9.59. The van der Waals surface area contributed by atoms with Crippen molar-refractivity contribution in [2.24, 2.45) is 0 Å². The van der Waals surface area contributed by atoms with Crippen molar-refractivity contribution >= 4 is 40.2 Å². The molecule has 0 saturated carbocycles. The van der Waals surface area contributed by atoms with Crippen LogP contribution in [0.1, 0.15) is 37.0 Å². The lowest BCUT2D eigenvalue weighted by molar-refractivity contribution is 0.0789. The minimum atomic E-state index is -0.287. The van der Waals surface area contributed by atoms with E-state index >= 15 is 0 Å². The average molecular weight is 410 g/mol. The van der Waals surface area contributed by atoms with Crippen LogP contribution in [0.2, 0.25) is 0 Å². The minimum Gasteiger partial charge on any atom is -0.337 e. The molecule has 2 amide bonds. The fraction of sp³-hybridized carbons (Fsp3) is 0.286. The largest absolute Gasteiger partial charge is 0.337 e. The van der Waals surface area contributed by atoms with Gasteiger partial charge >= 0.3 is 0 Å². The Balaban J connectivity index is 1.46. The van der Waals surface area contributed by atoms with E-state index in [2.05, 4.69) is 4.98 Å². The van der Waals surface area contributed by atoms with E-state index < -0.39 is 0 Å². The normalized spacial score (nSPS) is 20.8. The third kappa shape index (κ3) is 2.69. The number of pyridine rings is 1. The van der Waals surface area contributed by atoms with E-state index in [9.17, 15) is 9.59 Å². The number of hydrogen-bond donors (Lipinski definition) is 0. The summed E-state index contributed by atoms with van der Waals surface area (Å²) in [4.78, 5) is 36.4. The molecule has 1 spiro atoms. The molecule has 1 atom stereocenters. The van der Waals surface area contributed by atoms with E-state index in [1.165, 1.54) is 22.7 Å². The summed E-state index contributed by atoms with van der Waals surface area (Å²) in [5.41, 5.74) is 2.23. The Bertz CT molecular complexity index is 1060. The molecule has 7 heteroatoms. The number of hydrogen-bond acceptors (Lipinski definition) is 5. The van der Waals surface area contributed by atoms with Crippen LogP contribution in [0.3, 0.4) is 0 Å². The molecule has 1 saturated heterocycles. The van der Waals surface area contributed by atoms with Crippen LogP contribution < -0.4 is 4.90 Å². The predicted octanol–water partition coefficient (Wildman–Crippen LogP) is 3.96. The Labute approximate surface area is 171 Å². The summed E-state index contributed by atoms with van der Waals surface area (Å²) in [7, 11) is 0. The number of aryl methyl sites for hydroxylation is 1. The van der Waals surface area contributed by atoms with Crippen molar-refractivity contribution in [3.05, 3.63) is 68.3 Å². The van der Waals surface area contributed by atoms with Crippen molar-refractivity contribution in [1.82, 2.24) is 9.88 Å². The summed E-state index contributed by atoms with van der Waals surface area (Å²) >= 11 is 3.05. The minimum absolute atomic E-state index is 0.00559. The number of anilines is 1. The van der Waals surface area contributed by atoms with Gasteiger partial charge in [-0.1, -0.05) is 0 Å². The number of carbonyl (C=O) groups excluding carboxylic acids is 2. The van der Waals surface area contributed by atoms with Crippen molar-refractivity contribution < 1.29 is 9.59 Å². The van der Waals surface area contributed by atoms with Gasteiger partial charge in [0.05, 0.1) is 27.2 Å². The summed E-state index contributed by atoms with van der Waals surface area (Å²) < 4.78 is 0. The van der Waals surface area contributed by atoms with Crippen LogP contribution >= 0.6 is 22.7 Å².